The Labute approximate surface area is 150 Å². The molecule has 3 rings (SSSR count). The van der Waals surface area contributed by atoms with E-state index in [0.29, 0.717) is 21.4 Å². The summed E-state index contributed by atoms with van der Waals surface area (Å²) in [6.07, 6.45) is 0. The second kappa shape index (κ2) is 7.03. The van der Waals surface area contributed by atoms with Crippen LogP contribution in [0.25, 0.3) is 5.70 Å². The minimum Gasteiger partial charge on any atom is -0.466 e. The first kappa shape index (κ1) is 16.5. The van der Waals surface area contributed by atoms with Gasteiger partial charge in [-0.15, -0.1) is 0 Å². The lowest BCUT2D eigenvalue weighted by Crippen LogP contribution is -2.45. The summed E-state index contributed by atoms with van der Waals surface area (Å²) in [7, 11) is 1.36. The standard InChI is InChI=1S/C18H15ClN2O2S/c1-23-17(22)14-15(11-5-3-2-4-6-11)20-18(24)21-16(14)12-7-9-13(19)10-8-12/h2-10,15H,1H3,(H2,20,21,24)/t15-/m1/s1. The number of benzene rings is 2. The molecule has 0 saturated carbocycles. The van der Waals surface area contributed by atoms with Crippen LogP contribution in [0.3, 0.4) is 0 Å². The first-order chi connectivity index (χ1) is 11.6. The minimum absolute atomic E-state index is 0.391. The van der Waals surface area contributed by atoms with E-state index in [0.717, 1.165) is 11.1 Å². The van der Waals surface area contributed by atoms with Gasteiger partial charge in [0.15, 0.2) is 5.11 Å². The lowest BCUT2D eigenvalue weighted by Gasteiger charge is -2.31. The Morgan fingerprint density at radius 3 is 2.42 bits per heavy atom. The summed E-state index contributed by atoms with van der Waals surface area (Å²) in [6.45, 7) is 0. The maximum atomic E-state index is 12.5. The summed E-state index contributed by atoms with van der Waals surface area (Å²) < 4.78 is 5.01. The van der Waals surface area contributed by atoms with Gasteiger partial charge < -0.3 is 15.4 Å². The van der Waals surface area contributed by atoms with Crippen LogP contribution in [0.5, 0.6) is 0 Å². The van der Waals surface area contributed by atoms with E-state index in [9.17, 15) is 4.79 Å². The Morgan fingerprint density at radius 1 is 1.12 bits per heavy atom. The molecule has 0 aromatic heterocycles. The van der Waals surface area contributed by atoms with Crippen molar-refractivity contribution >= 4 is 40.6 Å². The molecule has 1 atom stereocenters. The fourth-order valence-corrected chi connectivity index (χ4v) is 2.98. The van der Waals surface area contributed by atoms with Crippen molar-refractivity contribution < 1.29 is 9.53 Å². The SMILES string of the molecule is COC(=O)C1=C(c2ccc(Cl)cc2)NC(=S)N[C@@H]1c1ccccc1. The quantitative estimate of drug-likeness (QED) is 0.650. The predicted octanol–water partition coefficient (Wildman–Crippen LogP) is 3.44. The number of hydrogen-bond donors (Lipinski definition) is 2. The molecule has 2 N–H and O–H groups in total. The Hall–Kier alpha value is -2.37. The van der Waals surface area contributed by atoms with Crippen LogP contribution in [0.15, 0.2) is 60.2 Å². The number of hydrogen-bond acceptors (Lipinski definition) is 3. The smallest absolute Gasteiger partial charge is 0.338 e. The molecule has 2 aromatic rings. The Bertz CT molecular complexity index is 804. The van der Waals surface area contributed by atoms with Crippen LogP contribution in [0.2, 0.25) is 5.02 Å². The van der Waals surface area contributed by atoms with Gasteiger partial charge in [0.2, 0.25) is 0 Å². The summed E-state index contributed by atoms with van der Waals surface area (Å²) in [6, 6.07) is 16.4. The van der Waals surface area contributed by atoms with Gasteiger partial charge in [-0.2, -0.15) is 0 Å². The lowest BCUT2D eigenvalue weighted by molar-refractivity contribution is -0.136. The number of nitrogens with one attached hydrogen (secondary N) is 2. The molecule has 0 bridgehead atoms. The second-order valence-electron chi connectivity index (χ2n) is 5.23. The summed E-state index contributed by atoms with van der Waals surface area (Å²) in [5, 5.41) is 7.28. The van der Waals surface area contributed by atoms with Gasteiger partial charge in [-0.05, 0) is 35.5 Å². The van der Waals surface area contributed by atoms with Crippen LogP contribution in [-0.2, 0) is 9.53 Å². The Kier molecular flexibility index (Phi) is 4.83. The van der Waals surface area contributed by atoms with Crippen LogP contribution in [-0.4, -0.2) is 18.2 Å². The molecule has 0 aliphatic carbocycles. The van der Waals surface area contributed by atoms with Crippen molar-refractivity contribution in [2.45, 2.75) is 6.04 Å². The molecular formula is C18H15ClN2O2S. The highest BCUT2D eigenvalue weighted by Crippen LogP contribution is 2.32. The van der Waals surface area contributed by atoms with Crippen molar-refractivity contribution in [1.29, 1.82) is 0 Å². The van der Waals surface area contributed by atoms with Crippen LogP contribution >= 0.6 is 23.8 Å². The summed E-state index contributed by atoms with van der Waals surface area (Å²) in [5.74, 6) is -0.420. The van der Waals surface area contributed by atoms with Crippen LogP contribution in [0.1, 0.15) is 17.2 Å². The molecular weight excluding hydrogens is 344 g/mol. The first-order valence-corrected chi connectivity index (χ1v) is 8.09. The molecule has 1 aliphatic rings. The average Bonchev–Trinajstić information content (AvgIpc) is 2.61. The van der Waals surface area contributed by atoms with Crippen molar-refractivity contribution in [3.05, 3.63) is 76.3 Å². The van der Waals surface area contributed by atoms with Gasteiger partial charge in [-0.25, -0.2) is 4.79 Å². The third-order valence-electron chi connectivity index (χ3n) is 3.74. The number of esters is 1. The second-order valence-corrected chi connectivity index (χ2v) is 6.07. The number of carbonyl (C=O) groups is 1. The zero-order valence-electron chi connectivity index (χ0n) is 12.9. The third-order valence-corrected chi connectivity index (χ3v) is 4.21. The molecule has 0 fully saturated rings. The van der Waals surface area contributed by atoms with E-state index in [1.807, 2.05) is 42.5 Å². The molecule has 0 amide bonds. The average molecular weight is 359 g/mol. The molecule has 1 aliphatic heterocycles. The lowest BCUT2D eigenvalue weighted by atomic mass is 9.93. The van der Waals surface area contributed by atoms with Crippen LogP contribution in [0.4, 0.5) is 0 Å². The molecule has 4 nitrogen and oxygen atoms in total. The number of ether oxygens (including phenoxy) is 1. The van der Waals surface area contributed by atoms with Gasteiger partial charge in [0, 0.05) is 5.02 Å². The normalized spacial score (nSPS) is 17.1. The number of methoxy groups -OCH3 is 1. The largest absolute Gasteiger partial charge is 0.466 e. The highest BCUT2D eigenvalue weighted by atomic mass is 35.5. The van der Waals surface area contributed by atoms with Gasteiger partial charge in [0.1, 0.15) is 0 Å². The van der Waals surface area contributed by atoms with Crippen LogP contribution < -0.4 is 10.6 Å². The molecule has 122 valence electrons. The highest BCUT2D eigenvalue weighted by Gasteiger charge is 2.32. The van der Waals surface area contributed by atoms with Gasteiger partial charge in [0.25, 0.3) is 0 Å². The van der Waals surface area contributed by atoms with E-state index < -0.39 is 12.0 Å². The van der Waals surface area contributed by atoms with E-state index >= 15 is 0 Å². The van der Waals surface area contributed by atoms with E-state index in [-0.39, 0.29) is 0 Å². The Balaban J connectivity index is 2.18. The topological polar surface area (TPSA) is 50.4 Å². The summed E-state index contributed by atoms with van der Waals surface area (Å²) in [4.78, 5) is 12.5. The van der Waals surface area contributed by atoms with Gasteiger partial charge in [-0.1, -0.05) is 54.1 Å². The number of rotatable bonds is 3. The maximum Gasteiger partial charge on any atom is 0.338 e. The molecule has 24 heavy (non-hydrogen) atoms. The summed E-state index contributed by atoms with van der Waals surface area (Å²) >= 11 is 11.3. The van der Waals surface area contributed by atoms with Crippen molar-refractivity contribution in [3.8, 4) is 0 Å². The monoisotopic (exact) mass is 358 g/mol. The van der Waals surface area contributed by atoms with E-state index in [1.165, 1.54) is 7.11 Å². The van der Waals surface area contributed by atoms with Crippen molar-refractivity contribution in [1.82, 2.24) is 10.6 Å². The molecule has 6 heteroatoms. The first-order valence-electron chi connectivity index (χ1n) is 7.31. The maximum absolute atomic E-state index is 12.5. The fraction of sp³-hybridized carbons (Fsp3) is 0.111. The summed E-state index contributed by atoms with van der Waals surface area (Å²) in [5.41, 5.74) is 2.83. The molecule has 0 saturated heterocycles. The Morgan fingerprint density at radius 2 is 1.79 bits per heavy atom. The molecule has 0 radical (unpaired) electrons. The van der Waals surface area contributed by atoms with Gasteiger partial charge in [-0.3, -0.25) is 0 Å². The fourth-order valence-electron chi connectivity index (χ4n) is 2.63. The predicted molar refractivity (Wildman–Crippen MR) is 98.4 cm³/mol. The van der Waals surface area contributed by atoms with E-state index in [2.05, 4.69) is 10.6 Å². The zero-order valence-corrected chi connectivity index (χ0v) is 14.4. The van der Waals surface area contributed by atoms with E-state index in [1.54, 1.807) is 12.1 Å². The zero-order chi connectivity index (χ0) is 17.1. The van der Waals surface area contributed by atoms with Gasteiger partial charge >= 0.3 is 5.97 Å². The van der Waals surface area contributed by atoms with Gasteiger partial charge in [0.05, 0.1) is 24.4 Å². The van der Waals surface area contributed by atoms with Crippen molar-refractivity contribution in [2.24, 2.45) is 0 Å². The van der Waals surface area contributed by atoms with Crippen molar-refractivity contribution in [3.63, 3.8) is 0 Å². The molecule has 0 unspecified atom stereocenters. The minimum atomic E-state index is -0.420. The number of carbonyl (C=O) groups excluding carboxylic acids is 1. The van der Waals surface area contributed by atoms with Crippen LogP contribution in [0, 0.1) is 0 Å². The van der Waals surface area contributed by atoms with E-state index in [4.69, 9.17) is 28.6 Å². The number of halogens is 1. The van der Waals surface area contributed by atoms with Crippen molar-refractivity contribution in [2.75, 3.05) is 7.11 Å². The molecule has 1 heterocycles. The third kappa shape index (κ3) is 3.27. The molecule has 0 spiro atoms. The number of thiocarbonyl (C=S) groups is 1. The highest BCUT2D eigenvalue weighted by molar-refractivity contribution is 7.80. The molecule has 2 aromatic carbocycles.